The van der Waals surface area contributed by atoms with Crippen LogP contribution in [0.4, 0.5) is 0 Å². The zero-order valence-electron chi connectivity index (χ0n) is 13.4. The number of nitrogens with one attached hydrogen (secondary N) is 1. The van der Waals surface area contributed by atoms with Crippen LogP contribution >= 0.6 is 15.9 Å². The summed E-state index contributed by atoms with van der Waals surface area (Å²) < 4.78 is 1.22. The molecule has 0 amide bonds. The van der Waals surface area contributed by atoms with Crippen LogP contribution in [0.1, 0.15) is 51.1 Å². The highest BCUT2D eigenvalue weighted by atomic mass is 79.9. The maximum Gasteiger partial charge on any atom is 0.0343 e. The van der Waals surface area contributed by atoms with E-state index in [1.807, 2.05) is 0 Å². The lowest BCUT2D eigenvalue weighted by atomic mass is 10.0. The van der Waals surface area contributed by atoms with Gasteiger partial charge in [0.05, 0.1) is 0 Å². The van der Waals surface area contributed by atoms with E-state index in [-0.39, 0.29) is 0 Å². The summed E-state index contributed by atoms with van der Waals surface area (Å²) in [6, 6.07) is 9.06. The second-order valence-corrected chi connectivity index (χ2v) is 7.02. The average molecular weight is 353 g/mol. The number of hydrogen-bond acceptors (Lipinski definition) is 2. The fourth-order valence-corrected chi connectivity index (χ4v) is 4.00. The maximum atomic E-state index is 3.70. The van der Waals surface area contributed by atoms with Crippen molar-refractivity contribution in [3.63, 3.8) is 0 Å². The smallest absolute Gasteiger partial charge is 0.0343 e. The zero-order valence-corrected chi connectivity index (χ0v) is 15.0. The third-order valence-electron chi connectivity index (χ3n) is 4.53. The van der Waals surface area contributed by atoms with Crippen LogP contribution in [-0.4, -0.2) is 31.1 Å². The van der Waals surface area contributed by atoms with Crippen molar-refractivity contribution in [2.24, 2.45) is 5.92 Å². The zero-order chi connectivity index (χ0) is 15.1. The van der Waals surface area contributed by atoms with Crippen molar-refractivity contribution < 1.29 is 0 Å². The SMILES string of the molecule is CCCC1CCN(CCC(NCC)c2ccccc2Br)C1. The van der Waals surface area contributed by atoms with Crippen LogP contribution in [0.5, 0.6) is 0 Å². The molecule has 118 valence electrons. The summed E-state index contributed by atoms with van der Waals surface area (Å²) >= 11 is 3.70. The fraction of sp³-hybridized carbons (Fsp3) is 0.667. The van der Waals surface area contributed by atoms with Gasteiger partial charge in [0, 0.05) is 17.1 Å². The average Bonchev–Trinajstić information content (AvgIpc) is 2.92. The first kappa shape index (κ1) is 17.0. The molecule has 0 aliphatic carbocycles. The topological polar surface area (TPSA) is 15.3 Å². The summed E-state index contributed by atoms with van der Waals surface area (Å²) in [6.07, 6.45) is 5.32. The van der Waals surface area contributed by atoms with Gasteiger partial charge in [0.25, 0.3) is 0 Å². The number of likely N-dealkylation sites (tertiary alicyclic amines) is 1. The molecule has 0 aromatic heterocycles. The van der Waals surface area contributed by atoms with Gasteiger partial charge in [0.1, 0.15) is 0 Å². The van der Waals surface area contributed by atoms with Crippen molar-refractivity contribution in [3.8, 4) is 0 Å². The Bertz CT molecular complexity index is 421. The monoisotopic (exact) mass is 352 g/mol. The van der Waals surface area contributed by atoms with Crippen LogP contribution < -0.4 is 5.32 Å². The maximum absolute atomic E-state index is 3.70. The van der Waals surface area contributed by atoms with E-state index in [0.717, 1.165) is 12.5 Å². The first-order valence-electron chi connectivity index (χ1n) is 8.44. The Hall–Kier alpha value is -0.380. The molecule has 1 saturated heterocycles. The molecule has 1 N–H and O–H groups in total. The van der Waals surface area contributed by atoms with Crippen molar-refractivity contribution in [1.82, 2.24) is 10.2 Å². The predicted octanol–water partition coefficient (Wildman–Crippen LogP) is 4.61. The highest BCUT2D eigenvalue weighted by Crippen LogP contribution is 2.27. The van der Waals surface area contributed by atoms with Crippen LogP contribution in [0.15, 0.2) is 28.7 Å². The number of rotatable bonds is 8. The third kappa shape index (κ3) is 5.08. The van der Waals surface area contributed by atoms with Crippen molar-refractivity contribution >= 4 is 15.9 Å². The summed E-state index contributed by atoms with van der Waals surface area (Å²) in [5.74, 6) is 0.941. The molecule has 1 aliphatic heterocycles. The van der Waals surface area contributed by atoms with Crippen molar-refractivity contribution in [2.75, 3.05) is 26.2 Å². The van der Waals surface area contributed by atoms with E-state index in [0.29, 0.717) is 6.04 Å². The molecular weight excluding hydrogens is 324 g/mol. The van der Waals surface area contributed by atoms with E-state index >= 15 is 0 Å². The first-order valence-corrected chi connectivity index (χ1v) is 9.24. The van der Waals surface area contributed by atoms with Gasteiger partial charge in [-0.15, -0.1) is 0 Å². The highest BCUT2D eigenvalue weighted by Gasteiger charge is 2.22. The Morgan fingerprint density at radius 1 is 1.33 bits per heavy atom. The first-order chi connectivity index (χ1) is 10.2. The quantitative estimate of drug-likeness (QED) is 0.734. The molecule has 2 rings (SSSR count). The molecule has 1 aromatic rings. The molecule has 1 aromatic carbocycles. The summed E-state index contributed by atoms with van der Waals surface area (Å²) in [5, 5.41) is 3.64. The standard InChI is InChI=1S/C18H29BrN2/c1-3-7-15-10-12-21(14-15)13-11-18(20-4-2)16-8-5-6-9-17(16)19/h5-6,8-9,15,18,20H,3-4,7,10-14H2,1-2H3. The Morgan fingerprint density at radius 3 is 2.86 bits per heavy atom. The lowest BCUT2D eigenvalue weighted by Crippen LogP contribution is -2.28. The van der Waals surface area contributed by atoms with Gasteiger partial charge >= 0.3 is 0 Å². The highest BCUT2D eigenvalue weighted by molar-refractivity contribution is 9.10. The lowest BCUT2D eigenvalue weighted by Gasteiger charge is -2.23. The van der Waals surface area contributed by atoms with E-state index in [1.54, 1.807) is 0 Å². The van der Waals surface area contributed by atoms with E-state index in [1.165, 1.54) is 55.4 Å². The summed E-state index contributed by atoms with van der Waals surface area (Å²) in [6.45, 7) is 9.32. The fourth-order valence-electron chi connectivity index (χ4n) is 3.44. The molecule has 2 nitrogen and oxygen atoms in total. The van der Waals surface area contributed by atoms with E-state index in [2.05, 4.69) is 64.3 Å². The Labute approximate surface area is 138 Å². The van der Waals surface area contributed by atoms with Gasteiger partial charge in [-0.2, -0.15) is 0 Å². The minimum absolute atomic E-state index is 0.454. The summed E-state index contributed by atoms with van der Waals surface area (Å²) in [5.41, 5.74) is 1.39. The van der Waals surface area contributed by atoms with Crippen LogP contribution in [0.25, 0.3) is 0 Å². The van der Waals surface area contributed by atoms with Crippen LogP contribution in [0.2, 0.25) is 0 Å². The second-order valence-electron chi connectivity index (χ2n) is 6.16. The summed E-state index contributed by atoms with van der Waals surface area (Å²) in [7, 11) is 0. The molecule has 2 atom stereocenters. The van der Waals surface area contributed by atoms with Crippen molar-refractivity contribution in [3.05, 3.63) is 34.3 Å². The van der Waals surface area contributed by atoms with Gasteiger partial charge in [0.15, 0.2) is 0 Å². The Morgan fingerprint density at radius 2 is 2.14 bits per heavy atom. The third-order valence-corrected chi connectivity index (χ3v) is 5.25. The minimum atomic E-state index is 0.454. The Balaban J connectivity index is 1.88. The van der Waals surface area contributed by atoms with Crippen LogP contribution in [0, 0.1) is 5.92 Å². The molecule has 1 aliphatic rings. The molecule has 0 bridgehead atoms. The number of halogens is 1. The second kappa shape index (κ2) is 8.92. The largest absolute Gasteiger partial charge is 0.310 e. The van der Waals surface area contributed by atoms with Crippen LogP contribution in [0.3, 0.4) is 0 Å². The normalized spacial score (nSPS) is 20.8. The lowest BCUT2D eigenvalue weighted by molar-refractivity contribution is 0.297. The van der Waals surface area contributed by atoms with Crippen LogP contribution in [-0.2, 0) is 0 Å². The number of benzene rings is 1. The van der Waals surface area contributed by atoms with E-state index in [4.69, 9.17) is 0 Å². The molecule has 0 radical (unpaired) electrons. The van der Waals surface area contributed by atoms with Gasteiger partial charge < -0.3 is 10.2 Å². The molecule has 3 heteroatoms. The summed E-state index contributed by atoms with van der Waals surface area (Å²) in [4.78, 5) is 2.65. The Kier molecular flexibility index (Phi) is 7.21. The molecule has 1 fully saturated rings. The predicted molar refractivity (Wildman–Crippen MR) is 94.6 cm³/mol. The molecule has 21 heavy (non-hydrogen) atoms. The van der Waals surface area contributed by atoms with E-state index in [9.17, 15) is 0 Å². The van der Waals surface area contributed by atoms with Gasteiger partial charge in [-0.3, -0.25) is 0 Å². The van der Waals surface area contributed by atoms with Gasteiger partial charge in [-0.1, -0.05) is 54.4 Å². The molecule has 0 spiro atoms. The molecule has 1 heterocycles. The molecule has 2 unspecified atom stereocenters. The minimum Gasteiger partial charge on any atom is -0.310 e. The molecular formula is C18H29BrN2. The van der Waals surface area contributed by atoms with Gasteiger partial charge in [-0.05, 0) is 56.4 Å². The van der Waals surface area contributed by atoms with Crippen molar-refractivity contribution in [2.45, 2.75) is 45.6 Å². The van der Waals surface area contributed by atoms with Crippen molar-refractivity contribution in [1.29, 1.82) is 0 Å². The number of nitrogens with zero attached hydrogens (tertiary/aromatic N) is 1. The van der Waals surface area contributed by atoms with Gasteiger partial charge in [0.2, 0.25) is 0 Å². The number of hydrogen-bond donors (Lipinski definition) is 1. The van der Waals surface area contributed by atoms with Gasteiger partial charge in [-0.25, -0.2) is 0 Å². The van der Waals surface area contributed by atoms with E-state index < -0.39 is 0 Å². The molecule has 0 saturated carbocycles.